The topological polar surface area (TPSA) is 55.3 Å². The van der Waals surface area contributed by atoms with Crippen molar-refractivity contribution >= 4 is 5.96 Å². The molecule has 1 aromatic carbocycles. The summed E-state index contributed by atoms with van der Waals surface area (Å²) >= 11 is 0. The van der Waals surface area contributed by atoms with Gasteiger partial charge >= 0.3 is 0 Å². The van der Waals surface area contributed by atoms with E-state index < -0.39 is 0 Å². The molecule has 28 heavy (non-hydrogen) atoms. The fourth-order valence-electron chi connectivity index (χ4n) is 5.24. The van der Waals surface area contributed by atoms with Gasteiger partial charge in [0.25, 0.3) is 0 Å². The fourth-order valence-corrected chi connectivity index (χ4v) is 5.24. The molecule has 5 rings (SSSR count). The lowest BCUT2D eigenvalue weighted by molar-refractivity contribution is 0.0767. The SMILES string of the molecule is CCNC(=NCC(C)(C)c1ccc2c(c1)OCO2)N1CC2C3CCC(O3)C2C1. The van der Waals surface area contributed by atoms with Crippen LogP contribution in [0.2, 0.25) is 0 Å². The average molecular weight is 386 g/mol. The first-order valence-electron chi connectivity index (χ1n) is 10.6. The number of hydrogen-bond donors (Lipinski definition) is 1. The number of likely N-dealkylation sites (tertiary alicyclic amines) is 1. The Morgan fingerprint density at radius 1 is 1.14 bits per heavy atom. The van der Waals surface area contributed by atoms with Crippen LogP contribution in [-0.2, 0) is 10.2 Å². The second kappa shape index (κ2) is 6.83. The molecular formula is C22H31N3O3. The van der Waals surface area contributed by atoms with E-state index in [2.05, 4.69) is 43.1 Å². The van der Waals surface area contributed by atoms with Crippen LogP contribution in [0.1, 0.15) is 39.2 Å². The normalized spacial score (nSPS) is 30.8. The lowest BCUT2D eigenvalue weighted by Gasteiger charge is -2.27. The minimum Gasteiger partial charge on any atom is -0.454 e. The van der Waals surface area contributed by atoms with Crippen molar-refractivity contribution < 1.29 is 14.2 Å². The zero-order valence-electron chi connectivity index (χ0n) is 17.1. The van der Waals surface area contributed by atoms with Gasteiger partial charge in [-0.1, -0.05) is 19.9 Å². The number of nitrogens with zero attached hydrogens (tertiary/aromatic N) is 2. The summed E-state index contributed by atoms with van der Waals surface area (Å²) in [6.07, 6.45) is 3.44. The maximum atomic E-state index is 6.13. The van der Waals surface area contributed by atoms with Gasteiger partial charge in [-0.2, -0.15) is 0 Å². The molecule has 4 heterocycles. The smallest absolute Gasteiger partial charge is 0.231 e. The van der Waals surface area contributed by atoms with Gasteiger partial charge in [-0.3, -0.25) is 4.99 Å². The molecule has 1 N–H and O–H groups in total. The van der Waals surface area contributed by atoms with Crippen molar-refractivity contribution in [2.24, 2.45) is 16.8 Å². The maximum Gasteiger partial charge on any atom is 0.231 e. The van der Waals surface area contributed by atoms with Crippen molar-refractivity contribution in [3.63, 3.8) is 0 Å². The Kier molecular flexibility index (Phi) is 4.42. The Balaban J connectivity index is 1.31. The molecule has 3 saturated heterocycles. The zero-order valence-corrected chi connectivity index (χ0v) is 17.1. The fraction of sp³-hybridized carbons (Fsp3) is 0.682. The summed E-state index contributed by atoms with van der Waals surface area (Å²) in [5.74, 6) is 4.08. The second-order valence-corrected chi connectivity index (χ2v) is 9.15. The highest BCUT2D eigenvalue weighted by atomic mass is 16.7. The largest absolute Gasteiger partial charge is 0.454 e. The van der Waals surface area contributed by atoms with E-state index >= 15 is 0 Å². The molecule has 4 aliphatic rings. The predicted molar refractivity (Wildman–Crippen MR) is 108 cm³/mol. The molecule has 2 bridgehead atoms. The van der Waals surface area contributed by atoms with Gasteiger partial charge in [-0.05, 0) is 37.5 Å². The molecule has 0 radical (unpaired) electrons. The molecule has 0 spiro atoms. The lowest BCUT2D eigenvalue weighted by Crippen LogP contribution is -2.42. The Hall–Kier alpha value is -1.95. The second-order valence-electron chi connectivity index (χ2n) is 9.15. The summed E-state index contributed by atoms with van der Waals surface area (Å²) in [6.45, 7) is 10.7. The van der Waals surface area contributed by atoms with Crippen LogP contribution in [0.5, 0.6) is 11.5 Å². The Morgan fingerprint density at radius 2 is 1.86 bits per heavy atom. The standard InChI is InChI=1S/C22H31N3O3/c1-4-23-21(25-10-15-16(11-25)18-8-7-17(15)28-18)24-12-22(2,3)14-5-6-19-20(9-14)27-13-26-19/h5-6,9,15-18H,4,7-8,10-13H2,1-3H3,(H,23,24). The lowest BCUT2D eigenvalue weighted by atomic mass is 9.82. The molecule has 4 aliphatic heterocycles. The summed E-state index contributed by atoms with van der Waals surface area (Å²) in [4.78, 5) is 7.51. The van der Waals surface area contributed by atoms with Crippen molar-refractivity contribution in [3.05, 3.63) is 23.8 Å². The summed E-state index contributed by atoms with van der Waals surface area (Å²) < 4.78 is 17.1. The van der Waals surface area contributed by atoms with Gasteiger partial charge < -0.3 is 24.4 Å². The van der Waals surface area contributed by atoms with Gasteiger partial charge in [-0.15, -0.1) is 0 Å². The molecule has 4 unspecified atom stereocenters. The van der Waals surface area contributed by atoms with Gasteiger partial charge in [-0.25, -0.2) is 0 Å². The van der Waals surface area contributed by atoms with E-state index in [9.17, 15) is 0 Å². The minimum absolute atomic E-state index is 0.0839. The molecule has 0 aliphatic carbocycles. The number of nitrogens with one attached hydrogen (secondary N) is 1. The molecule has 0 saturated carbocycles. The summed E-state index contributed by atoms with van der Waals surface area (Å²) in [5.41, 5.74) is 1.14. The van der Waals surface area contributed by atoms with Crippen LogP contribution in [0, 0.1) is 11.8 Å². The van der Waals surface area contributed by atoms with Crippen molar-refractivity contribution in [2.75, 3.05) is 33.0 Å². The molecule has 1 aromatic rings. The van der Waals surface area contributed by atoms with Gasteiger partial charge in [0.1, 0.15) is 0 Å². The van der Waals surface area contributed by atoms with Gasteiger partial charge in [0.05, 0.1) is 18.8 Å². The van der Waals surface area contributed by atoms with Crippen molar-refractivity contribution in [1.82, 2.24) is 10.2 Å². The molecule has 6 nitrogen and oxygen atoms in total. The number of fused-ring (bicyclic) bond motifs is 6. The van der Waals surface area contributed by atoms with Crippen LogP contribution in [0.4, 0.5) is 0 Å². The Bertz CT molecular complexity index is 760. The molecule has 0 aromatic heterocycles. The van der Waals surface area contributed by atoms with E-state index in [1.54, 1.807) is 0 Å². The summed E-state index contributed by atoms with van der Waals surface area (Å²) in [5, 5.41) is 3.52. The highest BCUT2D eigenvalue weighted by molar-refractivity contribution is 5.80. The van der Waals surface area contributed by atoms with E-state index in [4.69, 9.17) is 19.2 Å². The summed E-state index contributed by atoms with van der Waals surface area (Å²) in [6, 6.07) is 6.23. The minimum atomic E-state index is -0.0839. The van der Waals surface area contributed by atoms with Gasteiger partial charge in [0.15, 0.2) is 17.5 Å². The number of ether oxygens (including phenoxy) is 3. The third-order valence-electron chi connectivity index (χ3n) is 6.87. The molecule has 4 atom stereocenters. The monoisotopic (exact) mass is 385 g/mol. The van der Waals surface area contributed by atoms with Crippen LogP contribution >= 0.6 is 0 Å². The van der Waals surface area contributed by atoms with Gasteiger partial charge in [0.2, 0.25) is 6.79 Å². The van der Waals surface area contributed by atoms with E-state index in [-0.39, 0.29) is 5.41 Å². The quantitative estimate of drug-likeness (QED) is 0.638. The van der Waals surface area contributed by atoms with Crippen LogP contribution < -0.4 is 14.8 Å². The number of rotatable bonds is 4. The molecular weight excluding hydrogens is 354 g/mol. The van der Waals surface area contributed by atoms with Crippen LogP contribution in [-0.4, -0.2) is 56.0 Å². The van der Waals surface area contributed by atoms with Crippen molar-refractivity contribution in [1.29, 1.82) is 0 Å². The molecule has 6 heteroatoms. The third kappa shape index (κ3) is 3.02. The van der Waals surface area contributed by atoms with Crippen LogP contribution in [0.3, 0.4) is 0 Å². The Morgan fingerprint density at radius 3 is 2.57 bits per heavy atom. The Labute approximate surface area is 167 Å². The predicted octanol–water partition coefficient (Wildman–Crippen LogP) is 2.77. The highest BCUT2D eigenvalue weighted by Gasteiger charge is 2.53. The first-order chi connectivity index (χ1) is 13.5. The van der Waals surface area contributed by atoms with Crippen molar-refractivity contribution in [3.8, 4) is 11.5 Å². The van der Waals surface area contributed by atoms with E-state index in [1.807, 2.05) is 6.07 Å². The van der Waals surface area contributed by atoms with Gasteiger partial charge in [0, 0.05) is 36.9 Å². The third-order valence-corrected chi connectivity index (χ3v) is 6.87. The molecule has 3 fully saturated rings. The first-order valence-corrected chi connectivity index (χ1v) is 10.6. The number of benzene rings is 1. The molecule has 0 amide bonds. The summed E-state index contributed by atoms with van der Waals surface area (Å²) in [7, 11) is 0. The maximum absolute atomic E-state index is 6.13. The average Bonchev–Trinajstić information content (AvgIpc) is 3.45. The van der Waals surface area contributed by atoms with E-state index in [0.717, 1.165) is 43.6 Å². The van der Waals surface area contributed by atoms with Crippen LogP contribution in [0.15, 0.2) is 23.2 Å². The van der Waals surface area contributed by atoms with E-state index in [0.29, 0.717) is 30.8 Å². The first kappa shape index (κ1) is 18.1. The number of aliphatic imine (C=N–C) groups is 1. The number of hydrogen-bond acceptors (Lipinski definition) is 4. The van der Waals surface area contributed by atoms with Crippen molar-refractivity contribution in [2.45, 2.75) is 51.2 Å². The molecule has 152 valence electrons. The van der Waals surface area contributed by atoms with Crippen LogP contribution in [0.25, 0.3) is 0 Å². The number of guanidine groups is 1. The zero-order chi connectivity index (χ0) is 19.3. The van der Waals surface area contributed by atoms with E-state index in [1.165, 1.54) is 18.4 Å². The highest BCUT2D eigenvalue weighted by Crippen LogP contribution is 2.47.